The Morgan fingerprint density at radius 2 is 1.95 bits per heavy atom. The van der Waals surface area contributed by atoms with Gasteiger partial charge in [0.25, 0.3) is 0 Å². The van der Waals surface area contributed by atoms with Crippen molar-refractivity contribution in [3.8, 4) is 0 Å². The van der Waals surface area contributed by atoms with E-state index in [9.17, 15) is 4.79 Å². The first kappa shape index (κ1) is 13.4. The molecule has 2 aromatic carbocycles. The van der Waals surface area contributed by atoms with Crippen LogP contribution >= 0.6 is 0 Å². The maximum absolute atomic E-state index is 12.7. The molecule has 22 heavy (non-hydrogen) atoms. The lowest BCUT2D eigenvalue weighted by atomic mass is 9.91. The van der Waals surface area contributed by atoms with Crippen molar-refractivity contribution < 1.29 is 4.79 Å². The van der Waals surface area contributed by atoms with E-state index in [1.165, 1.54) is 11.1 Å². The standard InChI is InChI=1S/C19H20N2O/c1-19(14-8-5-9-15(20)10-14)16-12-21(18(22)17(16)19)11-13-6-3-2-4-7-13/h2-10,16-17H,11-12,20H2,1H3. The van der Waals surface area contributed by atoms with Crippen LogP contribution < -0.4 is 5.73 Å². The minimum absolute atomic E-state index is 0.0281. The molecule has 0 spiro atoms. The highest BCUT2D eigenvalue weighted by Crippen LogP contribution is 2.64. The number of piperidine rings is 1. The zero-order chi connectivity index (χ0) is 15.3. The lowest BCUT2D eigenvalue weighted by molar-refractivity contribution is -0.131. The number of nitrogens with two attached hydrogens (primary N) is 1. The summed E-state index contributed by atoms with van der Waals surface area (Å²) in [5, 5.41) is 0. The quantitative estimate of drug-likeness (QED) is 0.884. The molecule has 0 aromatic heterocycles. The lowest BCUT2D eigenvalue weighted by Gasteiger charge is -2.24. The van der Waals surface area contributed by atoms with Crippen LogP contribution in [-0.4, -0.2) is 17.4 Å². The number of rotatable bonds is 3. The number of carbonyl (C=O) groups is 1. The molecule has 112 valence electrons. The molecule has 1 aliphatic carbocycles. The highest BCUT2D eigenvalue weighted by atomic mass is 16.2. The van der Waals surface area contributed by atoms with Gasteiger partial charge in [0.1, 0.15) is 0 Å². The molecule has 3 atom stereocenters. The van der Waals surface area contributed by atoms with Gasteiger partial charge in [-0.25, -0.2) is 0 Å². The highest BCUT2D eigenvalue weighted by molar-refractivity contribution is 5.88. The molecule has 3 nitrogen and oxygen atoms in total. The van der Waals surface area contributed by atoms with Crippen LogP contribution in [0.25, 0.3) is 0 Å². The van der Waals surface area contributed by atoms with E-state index in [0.717, 1.165) is 18.8 Å². The van der Waals surface area contributed by atoms with Crippen molar-refractivity contribution in [1.82, 2.24) is 4.90 Å². The molecule has 1 amide bonds. The van der Waals surface area contributed by atoms with Crippen LogP contribution in [0.15, 0.2) is 54.6 Å². The number of hydrogen-bond acceptors (Lipinski definition) is 2. The van der Waals surface area contributed by atoms with E-state index in [1.807, 2.05) is 41.3 Å². The molecular formula is C19H20N2O. The second-order valence-electron chi connectivity index (χ2n) is 6.70. The summed E-state index contributed by atoms with van der Waals surface area (Å²) in [6, 6.07) is 18.2. The predicted octanol–water partition coefficient (Wildman–Crippen LogP) is 2.81. The summed E-state index contributed by atoms with van der Waals surface area (Å²) in [6.45, 7) is 3.78. The number of nitrogens with zero attached hydrogens (tertiary/aromatic N) is 1. The molecular weight excluding hydrogens is 272 g/mol. The van der Waals surface area contributed by atoms with Gasteiger partial charge in [-0.05, 0) is 29.2 Å². The molecule has 3 heteroatoms. The number of amides is 1. The normalized spacial score (nSPS) is 29.5. The Bertz CT molecular complexity index is 727. The first-order chi connectivity index (χ1) is 10.6. The first-order valence-corrected chi connectivity index (χ1v) is 7.79. The van der Waals surface area contributed by atoms with Gasteiger partial charge in [0.15, 0.2) is 0 Å². The minimum atomic E-state index is -0.0281. The minimum Gasteiger partial charge on any atom is -0.399 e. The fraction of sp³-hybridized carbons (Fsp3) is 0.316. The van der Waals surface area contributed by atoms with Gasteiger partial charge in [-0.2, -0.15) is 0 Å². The van der Waals surface area contributed by atoms with Crippen LogP contribution in [0.3, 0.4) is 0 Å². The summed E-state index contributed by atoms with van der Waals surface area (Å²) in [5.41, 5.74) is 9.05. The van der Waals surface area contributed by atoms with E-state index in [1.54, 1.807) is 0 Å². The molecule has 1 heterocycles. The maximum Gasteiger partial charge on any atom is 0.227 e. The monoisotopic (exact) mass is 292 g/mol. The second-order valence-corrected chi connectivity index (χ2v) is 6.70. The van der Waals surface area contributed by atoms with Gasteiger partial charge >= 0.3 is 0 Å². The molecule has 1 aliphatic heterocycles. The van der Waals surface area contributed by atoms with Crippen molar-refractivity contribution in [2.45, 2.75) is 18.9 Å². The molecule has 0 radical (unpaired) electrons. The Kier molecular flexibility index (Phi) is 2.80. The Balaban J connectivity index is 1.53. The number of likely N-dealkylation sites (tertiary alicyclic amines) is 1. The van der Waals surface area contributed by atoms with Crippen molar-refractivity contribution in [2.24, 2.45) is 11.8 Å². The Hall–Kier alpha value is -2.29. The van der Waals surface area contributed by atoms with E-state index in [0.29, 0.717) is 11.8 Å². The van der Waals surface area contributed by atoms with Crippen molar-refractivity contribution in [3.05, 3.63) is 65.7 Å². The number of anilines is 1. The smallest absolute Gasteiger partial charge is 0.227 e. The second kappa shape index (κ2) is 4.60. The summed E-state index contributed by atoms with van der Waals surface area (Å²) in [5.74, 6) is 0.835. The van der Waals surface area contributed by atoms with Crippen molar-refractivity contribution in [2.75, 3.05) is 12.3 Å². The number of fused-ring (bicyclic) bond motifs is 1. The van der Waals surface area contributed by atoms with Crippen LogP contribution in [0.1, 0.15) is 18.1 Å². The number of nitrogen functional groups attached to an aromatic ring is 1. The van der Waals surface area contributed by atoms with Gasteiger partial charge in [-0.1, -0.05) is 49.4 Å². The number of hydrogen-bond donors (Lipinski definition) is 1. The van der Waals surface area contributed by atoms with E-state index < -0.39 is 0 Å². The van der Waals surface area contributed by atoms with Crippen LogP contribution in [-0.2, 0) is 16.8 Å². The molecule has 2 N–H and O–H groups in total. The van der Waals surface area contributed by atoms with Crippen molar-refractivity contribution >= 4 is 11.6 Å². The molecule has 4 rings (SSSR count). The van der Waals surface area contributed by atoms with Crippen LogP contribution in [0.2, 0.25) is 0 Å². The third-order valence-corrected chi connectivity index (χ3v) is 5.43. The SMILES string of the molecule is CC1(c2cccc(N)c2)C2CN(Cc3ccccc3)C(=O)C21. The van der Waals surface area contributed by atoms with Crippen LogP contribution in [0, 0.1) is 11.8 Å². The Morgan fingerprint density at radius 1 is 1.18 bits per heavy atom. The highest BCUT2D eigenvalue weighted by Gasteiger charge is 2.70. The topological polar surface area (TPSA) is 46.3 Å². The summed E-state index contributed by atoms with van der Waals surface area (Å²) in [6.07, 6.45) is 0. The molecule has 1 saturated heterocycles. The summed E-state index contributed by atoms with van der Waals surface area (Å²) < 4.78 is 0. The lowest BCUT2D eigenvalue weighted by Crippen LogP contribution is -2.33. The van der Waals surface area contributed by atoms with Crippen molar-refractivity contribution in [3.63, 3.8) is 0 Å². The molecule has 2 fully saturated rings. The summed E-state index contributed by atoms with van der Waals surface area (Å²) >= 11 is 0. The van der Waals surface area contributed by atoms with Gasteiger partial charge in [-0.15, -0.1) is 0 Å². The number of benzene rings is 2. The first-order valence-electron chi connectivity index (χ1n) is 7.79. The van der Waals surface area contributed by atoms with Crippen LogP contribution in [0.5, 0.6) is 0 Å². The van der Waals surface area contributed by atoms with Gasteiger partial charge in [0, 0.05) is 24.2 Å². The third-order valence-electron chi connectivity index (χ3n) is 5.43. The average molecular weight is 292 g/mol. The summed E-state index contributed by atoms with van der Waals surface area (Å²) in [4.78, 5) is 14.7. The Labute approximate surface area is 130 Å². The summed E-state index contributed by atoms with van der Waals surface area (Å²) in [7, 11) is 0. The van der Waals surface area contributed by atoms with Gasteiger partial charge in [0.05, 0.1) is 5.92 Å². The van der Waals surface area contributed by atoms with Gasteiger partial charge < -0.3 is 10.6 Å². The van der Waals surface area contributed by atoms with E-state index in [4.69, 9.17) is 5.73 Å². The maximum atomic E-state index is 12.7. The van der Waals surface area contributed by atoms with Gasteiger partial charge in [-0.3, -0.25) is 4.79 Å². The zero-order valence-corrected chi connectivity index (χ0v) is 12.7. The largest absolute Gasteiger partial charge is 0.399 e. The Morgan fingerprint density at radius 3 is 2.59 bits per heavy atom. The molecule has 1 saturated carbocycles. The van der Waals surface area contributed by atoms with E-state index in [2.05, 4.69) is 25.1 Å². The molecule has 2 aliphatic rings. The molecule has 0 bridgehead atoms. The number of carbonyl (C=O) groups excluding carboxylic acids is 1. The predicted molar refractivity (Wildman–Crippen MR) is 87.0 cm³/mol. The fourth-order valence-corrected chi connectivity index (χ4v) is 4.06. The zero-order valence-electron chi connectivity index (χ0n) is 12.7. The molecule has 2 aromatic rings. The van der Waals surface area contributed by atoms with E-state index >= 15 is 0 Å². The average Bonchev–Trinajstić information content (AvgIpc) is 2.97. The van der Waals surface area contributed by atoms with Crippen LogP contribution in [0.4, 0.5) is 5.69 Å². The fourth-order valence-electron chi connectivity index (χ4n) is 4.06. The van der Waals surface area contributed by atoms with Gasteiger partial charge in [0.2, 0.25) is 5.91 Å². The van der Waals surface area contributed by atoms with E-state index in [-0.39, 0.29) is 11.3 Å². The van der Waals surface area contributed by atoms with Crippen molar-refractivity contribution in [1.29, 1.82) is 0 Å². The third kappa shape index (κ3) is 1.85. The molecule has 3 unspecified atom stereocenters.